The monoisotopic (exact) mass is 344 g/mol. The quantitative estimate of drug-likeness (QED) is 0.761. The number of fused-ring (bicyclic) bond motifs is 1. The molecule has 2 aromatic carbocycles. The molecule has 1 aromatic heterocycles. The summed E-state index contributed by atoms with van der Waals surface area (Å²) in [4.78, 5) is 16.0. The van der Waals surface area contributed by atoms with E-state index in [2.05, 4.69) is 20.9 Å². The summed E-state index contributed by atoms with van der Waals surface area (Å²) in [5.41, 5.74) is 3.53. The SMILES string of the molecule is Cc1cccc(-n2c(C)nc3cccc(C(=O)O)c32)c1Br. The Morgan fingerprint density at radius 1 is 1.19 bits per heavy atom. The van der Waals surface area contributed by atoms with Crippen LogP contribution in [0.4, 0.5) is 0 Å². The Hall–Kier alpha value is -2.14. The average Bonchev–Trinajstić information content (AvgIpc) is 2.77. The molecule has 21 heavy (non-hydrogen) atoms. The minimum absolute atomic E-state index is 0.251. The van der Waals surface area contributed by atoms with Gasteiger partial charge < -0.3 is 5.11 Å². The van der Waals surface area contributed by atoms with Gasteiger partial charge in [0.25, 0.3) is 0 Å². The van der Waals surface area contributed by atoms with Crippen LogP contribution >= 0.6 is 15.9 Å². The Bertz CT molecular complexity index is 868. The van der Waals surface area contributed by atoms with Gasteiger partial charge in [0.15, 0.2) is 0 Å². The number of hydrogen-bond acceptors (Lipinski definition) is 2. The highest BCUT2D eigenvalue weighted by Crippen LogP contribution is 2.30. The number of aryl methyl sites for hydroxylation is 2. The summed E-state index contributed by atoms with van der Waals surface area (Å²) in [5.74, 6) is -0.199. The summed E-state index contributed by atoms with van der Waals surface area (Å²) in [6, 6.07) is 11.0. The largest absolute Gasteiger partial charge is 0.478 e. The molecule has 0 unspecified atom stereocenters. The van der Waals surface area contributed by atoms with Crippen molar-refractivity contribution in [2.75, 3.05) is 0 Å². The van der Waals surface area contributed by atoms with Crippen LogP contribution in [0.5, 0.6) is 0 Å². The number of benzene rings is 2. The molecule has 0 bridgehead atoms. The Kier molecular flexibility index (Phi) is 3.29. The molecule has 106 valence electrons. The molecule has 0 aliphatic heterocycles. The van der Waals surface area contributed by atoms with E-state index in [1.165, 1.54) is 0 Å². The van der Waals surface area contributed by atoms with E-state index in [9.17, 15) is 9.90 Å². The molecule has 0 fully saturated rings. The maximum absolute atomic E-state index is 11.5. The first-order chi connectivity index (χ1) is 10.0. The molecule has 3 aromatic rings. The van der Waals surface area contributed by atoms with Crippen LogP contribution in [-0.4, -0.2) is 20.6 Å². The molecule has 0 atom stereocenters. The van der Waals surface area contributed by atoms with E-state index >= 15 is 0 Å². The van der Waals surface area contributed by atoms with E-state index in [0.29, 0.717) is 11.0 Å². The molecule has 1 heterocycles. The number of carbonyl (C=O) groups is 1. The number of aromatic nitrogens is 2. The minimum atomic E-state index is -0.953. The topological polar surface area (TPSA) is 55.1 Å². The maximum Gasteiger partial charge on any atom is 0.337 e. The third kappa shape index (κ3) is 2.14. The highest BCUT2D eigenvalue weighted by atomic mass is 79.9. The van der Waals surface area contributed by atoms with Gasteiger partial charge in [-0.2, -0.15) is 0 Å². The summed E-state index contributed by atoms with van der Waals surface area (Å²) in [6.07, 6.45) is 0. The van der Waals surface area contributed by atoms with Crippen LogP contribution in [0.2, 0.25) is 0 Å². The highest BCUT2D eigenvalue weighted by molar-refractivity contribution is 9.10. The zero-order chi connectivity index (χ0) is 15.1. The minimum Gasteiger partial charge on any atom is -0.478 e. The van der Waals surface area contributed by atoms with Crippen molar-refractivity contribution in [2.45, 2.75) is 13.8 Å². The Labute approximate surface area is 130 Å². The normalized spacial score (nSPS) is 11.0. The lowest BCUT2D eigenvalue weighted by atomic mass is 10.1. The van der Waals surface area contributed by atoms with Crippen LogP contribution in [0.1, 0.15) is 21.7 Å². The van der Waals surface area contributed by atoms with Gasteiger partial charge in [-0.15, -0.1) is 0 Å². The molecule has 0 aliphatic carbocycles. The van der Waals surface area contributed by atoms with Crippen molar-refractivity contribution in [3.63, 3.8) is 0 Å². The number of imidazole rings is 1. The van der Waals surface area contributed by atoms with E-state index in [1.807, 2.05) is 42.7 Å². The summed E-state index contributed by atoms with van der Waals surface area (Å²) in [6.45, 7) is 3.88. The molecule has 4 nitrogen and oxygen atoms in total. The lowest BCUT2D eigenvalue weighted by Crippen LogP contribution is -2.04. The second-order valence-electron chi connectivity index (χ2n) is 4.88. The van der Waals surface area contributed by atoms with Crippen molar-refractivity contribution in [3.8, 4) is 5.69 Å². The van der Waals surface area contributed by atoms with Crippen LogP contribution in [-0.2, 0) is 0 Å². The number of nitrogens with zero attached hydrogens (tertiary/aromatic N) is 2. The lowest BCUT2D eigenvalue weighted by molar-refractivity contribution is 0.0698. The van der Waals surface area contributed by atoms with Crippen molar-refractivity contribution in [1.82, 2.24) is 9.55 Å². The molecule has 0 aliphatic rings. The van der Waals surface area contributed by atoms with E-state index in [4.69, 9.17) is 0 Å². The van der Waals surface area contributed by atoms with Crippen molar-refractivity contribution in [2.24, 2.45) is 0 Å². The van der Waals surface area contributed by atoms with Crippen molar-refractivity contribution < 1.29 is 9.90 Å². The predicted octanol–water partition coefficient (Wildman–Crippen LogP) is 4.10. The standard InChI is InChI=1S/C16H13BrN2O2/c1-9-5-3-8-13(14(9)17)19-10(2)18-12-7-4-6-11(15(12)19)16(20)21/h3-8H,1-2H3,(H,20,21). The molecule has 0 spiro atoms. The molecule has 1 N–H and O–H groups in total. The fraction of sp³-hybridized carbons (Fsp3) is 0.125. The van der Waals surface area contributed by atoms with Gasteiger partial charge in [0.1, 0.15) is 5.82 Å². The first-order valence-corrected chi connectivity index (χ1v) is 7.27. The van der Waals surface area contributed by atoms with E-state index in [1.54, 1.807) is 12.1 Å². The second kappa shape index (κ2) is 5.00. The van der Waals surface area contributed by atoms with Crippen molar-refractivity contribution in [3.05, 3.63) is 57.8 Å². The first kappa shape index (κ1) is 13.8. The maximum atomic E-state index is 11.5. The van der Waals surface area contributed by atoms with Crippen molar-refractivity contribution >= 4 is 32.9 Å². The van der Waals surface area contributed by atoms with Crippen LogP contribution in [0.15, 0.2) is 40.9 Å². The zero-order valence-electron chi connectivity index (χ0n) is 11.6. The highest BCUT2D eigenvalue weighted by Gasteiger charge is 2.18. The number of rotatable bonds is 2. The Morgan fingerprint density at radius 2 is 1.90 bits per heavy atom. The third-order valence-electron chi connectivity index (χ3n) is 3.49. The van der Waals surface area contributed by atoms with Crippen LogP contribution < -0.4 is 0 Å². The van der Waals surface area contributed by atoms with Crippen LogP contribution in [0.25, 0.3) is 16.7 Å². The fourth-order valence-corrected chi connectivity index (χ4v) is 2.96. The molecule has 3 rings (SSSR count). The van der Waals surface area contributed by atoms with Gasteiger partial charge in [-0.25, -0.2) is 9.78 Å². The number of carboxylic acid groups (broad SMARTS) is 1. The second-order valence-corrected chi connectivity index (χ2v) is 5.67. The van der Waals surface area contributed by atoms with Crippen molar-refractivity contribution in [1.29, 1.82) is 0 Å². The van der Waals surface area contributed by atoms with Gasteiger partial charge in [-0.05, 0) is 53.5 Å². The predicted molar refractivity (Wildman–Crippen MR) is 85.2 cm³/mol. The summed E-state index contributed by atoms with van der Waals surface area (Å²) in [5, 5.41) is 9.43. The molecule has 0 amide bonds. The smallest absolute Gasteiger partial charge is 0.337 e. The third-order valence-corrected chi connectivity index (χ3v) is 4.52. The first-order valence-electron chi connectivity index (χ1n) is 6.47. The number of carboxylic acids is 1. The molecule has 0 radical (unpaired) electrons. The van der Waals surface area contributed by atoms with E-state index < -0.39 is 5.97 Å². The molecular weight excluding hydrogens is 332 g/mol. The summed E-state index contributed by atoms with van der Waals surface area (Å²) >= 11 is 3.59. The molecule has 0 saturated carbocycles. The van der Waals surface area contributed by atoms with Crippen LogP contribution in [0, 0.1) is 13.8 Å². The number of halogens is 1. The van der Waals surface area contributed by atoms with E-state index in [0.717, 1.165) is 21.5 Å². The number of hydrogen-bond donors (Lipinski definition) is 1. The fourth-order valence-electron chi connectivity index (χ4n) is 2.51. The average molecular weight is 345 g/mol. The van der Waals surface area contributed by atoms with E-state index in [-0.39, 0.29) is 5.56 Å². The summed E-state index contributed by atoms with van der Waals surface area (Å²) < 4.78 is 2.82. The molecule has 5 heteroatoms. The van der Waals surface area contributed by atoms with Gasteiger partial charge in [0.2, 0.25) is 0 Å². The lowest BCUT2D eigenvalue weighted by Gasteiger charge is -2.12. The number of aromatic carboxylic acids is 1. The molecule has 0 saturated heterocycles. The zero-order valence-corrected chi connectivity index (χ0v) is 13.2. The number of para-hydroxylation sites is 1. The van der Waals surface area contributed by atoms with Gasteiger partial charge in [-0.3, -0.25) is 4.57 Å². The van der Waals surface area contributed by atoms with Gasteiger partial charge in [0.05, 0.1) is 22.3 Å². The van der Waals surface area contributed by atoms with Gasteiger partial charge >= 0.3 is 5.97 Å². The summed E-state index contributed by atoms with van der Waals surface area (Å²) in [7, 11) is 0. The van der Waals surface area contributed by atoms with Gasteiger partial charge in [0, 0.05) is 4.47 Å². The van der Waals surface area contributed by atoms with Crippen LogP contribution in [0.3, 0.4) is 0 Å². The molecular formula is C16H13BrN2O2. The Morgan fingerprint density at radius 3 is 2.62 bits per heavy atom. The Balaban J connectivity index is 2.45. The van der Waals surface area contributed by atoms with Gasteiger partial charge in [-0.1, -0.05) is 18.2 Å².